The summed E-state index contributed by atoms with van der Waals surface area (Å²) < 4.78 is 6.67. The van der Waals surface area contributed by atoms with Crippen LogP contribution in [-0.4, -0.2) is 43.8 Å². The first kappa shape index (κ1) is 18.9. The second kappa shape index (κ2) is 7.38. The minimum absolute atomic E-state index is 0.184. The van der Waals surface area contributed by atoms with Gasteiger partial charge >= 0.3 is 6.09 Å². The van der Waals surface area contributed by atoms with Crippen LogP contribution in [0.2, 0.25) is 0 Å². The van der Waals surface area contributed by atoms with Crippen LogP contribution in [0.3, 0.4) is 0 Å². The van der Waals surface area contributed by atoms with Crippen LogP contribution in [0.15, 0.2) is 24.4 Å². The highest BCUT2D eigenvalue weighted by Crippen LogP contribution is 2.25. The van der Waals surface area contributed by atoms with E-state index >= 15 is 0 Å². The summed E-state index contributed by atoms with van der Waals surface area (Å²) in [6.45, 7) is 6.25. The molecule has 1 aliphatic heterocycles. The molecule has 8 nitrogen and oxygen atoms in total. The zero-order valence-corrected chi connectivity index (χ0v) is 15.9. The lowest BCUT2D eigenvalue weighted by molar-refractivity contribution is 0.0221. The molecule has 1 aliphatic rings. The highest BCUT2D eigenvalue weighted by atomic mass is 16.6. The summed E-state index contributed by atoms with van der Waals surface area (Å²) in [6.07, 6.45) is 2.65. The zero-order chi connectivity index (χ0) is 19.6. The fourth-order valence-corrected chi connectivity index (χ4v) is 2.98. The van der Waals surface area contributed by atoms with Crippen molar-refractivity contribution in [1.29, 1.82) is 0 Å². The summed E-state index contributed by atoms with van der Waals surface area (Å²) in [7, 11) is 0. The third-order valence-electron chi connectivity index (χ3n) is 4.29. The molecule has 1 amide bonds. The van der Waals surface area contributed by atoms with Gasteiger partial charge in [0, 0.05) is 30.4 Å². The number of amides is 1. The lowest BCUT2D eigenvalue weighted by Crippen LogP contribution is -2.39. The maximum atomic E-state index is 12.5. The molecule has 0 bridgehead atoms. The number of nitrogens with zero attached hydrogens (tertiary/aromatic N) is 4. The van der Waals surface area contributed by atoms with Crippen molar-refractivity contribution < 1.29 is 14.3 Å². The van der Waals surface area contributed by atoms with Crippen LogP contribution in [0, 0.1) is 0 Å². The van der Waals surface area contributed by atoms with E-state index in [1.165, 1.54) is 4.68 Å². The van der Waals surface area contributed by atoms with Crippen LogP contribution in [-0.2, 0) is 24.1 Å². The number of anilines is 1. The molecular weight excluding hydrogens is 346 g/mol. The van der Waals surface area contributed by atoms with Gasteiger partial charge in [-0.25, -0.2) is 4.79 Å². The van der Waals surface area contributed by atoms with Gasteiger partial charge in [0.05, 0.1) is 12.2 Å². The Hall–Kier alpha value is -2.90. The summed E-state index contributed by atoms with van der Waals surface area (Å²) >= 11 is 0. The third kappa shape index (κ3) is 4.45. The number of nitrogens with two attached hydrogens (primary N) is 1. The molecule has 2 aromatic heterocycles. The van der Waals surface area contributed by atoms with Crippen LogP contribution in [0.5, 0.6) is 0 Å². The van der Waals surface area contributed by atoms with E-state index in [4.69, 9.17) is 10.5 Å². The number of aryl methyl sites for hydroxylation is 1. The quantitative estimate of drug-likeness (QED) is 0.889. The summed E-state index contributed by atoms with van der Waals surface area (Å²) in [6, 6.07) is 5.60. The number of pyridine rings is 1. The molecule has 0 saturated carbocycles. The first-order valence-corrected chi connectivity index (χ1v) is 9.02. The van der Waals surface area contributed by atoms with Crippen molar-refractivity contribution in [3.05, 3.63) is 41.3 Å². The number of fused-ring (bicyclic) bond motifs is 1. The Morgan fingerprint density at radius 3 is 2.74 bits per heavy atom. The second-order valence-corrected chi connectivity index (χ2v) is 7.59. The van der Waals surface area contributed by atoms with Crippen molar-refractivity contribution in [3.8, 4) is 0 Å². The Kier molecular flexibility index (Phi) is 5.16. The van der Waals surface area contributed by atoms with Crippen molar-refractivity contribution >= 4 is 17.8 Å². The molecule has 0 unspecified atom stereocenters. The molecule has 0 radical (unpaired) electrons. The molecule has 144 valence electrons. The predicted molar refractivity (Wildman–Crippen MR) is 100 cm³/mol. The highest BCUT2D eigenvalue weighted by molar-refractivity contribution is 5.82. The largest absolute Gasteiger partial charge is 0.444 e. The molecule has 2 aromatic rings. The van der Waals surface area contributed by atoms with Crippen LogP contribution < -0.4 is 5.73 Å². The summed E-state index contributed by atoms with van der Waals surface area (Å²) in [4.78, 5) is 30.6. The molecule has 0 aromatic carbocycles. The predicted octanol–water partition coefficient (Wildman–Crippen LogP) is 2.43. The lowest BCUT2D eigenvalue weighted by Gasteiger charge is -2.29. The van der Waals surface area contributed by atoms with E-state index in [2.05, 4.69) is 10.1 Å². The number of carbonyl (C=O) groups excluding carboxylic acids is 2. The average molecular weight is 371 g/mol. The smallest absolute Gasteiger partial charge is 0.410 e. The van der Waals surface area contributed by atoms with Crippen LogP contribution >= 0.6 is 0 Å². The van der Waals surface area contributed by atoms with E-state index < -0.39 is 5.60 Å². The van der Waals surface area contributed by atoms with Gasteiger partial charge in [0.2, 0.25) is 5.91 Å². The Labute approximate surface area is 158 Å². The molecule has 27 heavy (non-hydrogen) atoms. The van der Waals surface area contributed by atoms with E-state index in [0.29, 0.717) is 30.9 Å². The molecule has 3 rings (SSSR count). The van der Waals surface area contributed by atoms with E-state index in [1.807, 2.05) is 39.0 Å². The van der Waals surface area contributed by atoms with Gasteiger partial charge in [-0.15, -0.1) is 0 Å². The number of rotatable bonds is 3. The molecule has 0 atom stereocenters. The fraction of sp³-hybridized carbons (Fsp3) is 0.474. The summed E-state index contributed by atoms with van der Waals surface area (Å²) in [5, 5.41) is 4.36. The number of ether oxygens (including phenoxy) is 1. The van der Waals surface area contributed by atoms with Crippen molar-refractivity contribution in [3.63, 3.8) is 0 Å². The first-order valence-electron chi connectivity index (χ1n) is 9.02. The lowest BCUT2D eigenvalue weighted by atomic mass is 10.1. The number of hydrogen-bond donors (Lipinski definition) is 1. The average Bonchev–Trinajstić information content (AvgIpc) is 2.95. The van der Waals surface area contributed by atoms with Crippen molar-refractivity contribution in [1.82, 2.24) is 19.7 Å². The van der Waals surface area contributed by atoms with E-state index in [1.54, 1.807) is 11.1 Å². The number of aromatic nitrogens is 3. The minimum Gasteiger partial charge on any atom is -0.444 e. The minimum atomic E-state index is -0.558. The number of hydrogen-bond acceptors (Lipinski definition) is 6. The van der Waals surface area contributed by atoms with Crippen molar-refractivity contribution in [2.75, 3.05) is 12.3 Å². The molecule has 0 spiro atoms. The Bertz CT molecular complexity index is 839. The zero-order valence-electron chi connectivity index (χ0n) is 15.9. The Morgan fingerprint density at radius 1 is 1.30 bits per heavy atom. The molecule has 0 aliphatic carbocycles. The van der Waals surface area contributed by atoms with Gasteiger partial charge < -0.3 is 15.4 Å². The van der Waals surface area contributed by atoms with E-state index in [0.717, 1.165) is 11.3 Å². The standard InChI is InChI=1S/C19H25N5O3/c1-19(2,3)27-18(26)23-11-9-14-15(12-23)22-24(17(14)20)16(25)8-7-13-6-4-5-10-21-13/h4-6,10H,7-9,11-12,20H2,1-3H3. The van der Waals surface area contributed by atoms with Gasteiger partial charge in [0.15, 0.2) is 0 Å². The molecule has 2 N–H and O–H groups in total. The highest BCUT2D eigenvalue weighted by Gasteiger charge is 2.30. The van der Waals surface area contributed by atoms with Crippen LogP contribution in [0.1, 0.15) is 48.9 Å². The fourth-order valence-electron chi connectivity index (χ4n) is 2.98. The summed E-state index contributed by atoms with van der Waals surface area (Å²) in [5.41, 5.74) is 7.92. The Morgan fingerprint density at radius 2 is 2.07 bits per heavy atom. The van der Waals surface area contributed by atoms with Crippen LogP contribution in [0.25, 0.3) is 0 Å². The van der Waals surface area contributed by atoms with Gasteiger partial charge in [0.1, 0.15) is 11.4 Å². The maximum Gasteiger partial charge on any atom is 0.410 e. The maximum absolute atomic E-state index is 12.5. The van der Waals surface area contributed by atoms with Gasteiger partial charge in [-0.05, 0) is 45.7 Å². The van der Waals surface area contributed by atoms with Crippen molar-refractivity contribution in [2.45, 2.75) is 52.2 Å². The van der Waals surface area contributed by atoms with Gasteiger partial charge in [0.25, 0.3) is 0 Å². The topological polar surface area (TPSA) is 103 Å². The van der Waals surface area contributed by atoms with Crippen molar-refractivity contribution in [2.24, 2.45) is 0 Å². The normalized spacial score (nSPS) is 14.0. The number of nitrogen functional groups attached to an aromatic ring is 1. The number of carbonyl (C=O) groups is 2. The summed E-state index contributed by atoms with van der Waals surface area (Å²) in [5.74, 6) is 0.177. The molecule has 3 heterocycles. The van der Waals surface area contributed by atoms with E-state index in [9.17, 15) is 9.59 Å². The molecule has 0 fully saturated rings. The first-order chi connectivity index (χ1) is 12.7. The second-order valence-electron chi connectivity index (χ2n) is 7.59. The molecule has 8 heteroatoms. The molecular formula is C19H25N5O3. The van der Waals surface area contributed by atoms with Gasteiger partial charge in [-0.2, -0.15) is 9.78 Å². The van der Waals surface area contributed by atoms with Crippen LogP contribution in [0.4, 0.5) is 10.6 Å². The monoisotopic (exact) mass is 371 g/mol. The van der Waals surface area contributed by atoms with Gasteiger partial charge in [-0.3, -0.25) is 9.78 Å². The third-order valence-corrected chi connectivity index (χ3v) is 4.29. The Balaban J connectivity index is 1.69. The SMILES string of the molecule is CC(C)(C)OC(=O)N1CCc2c(nn(C(=O)CCc3ccccn3)c2N)C1. The van der Waals surface area contributed by atoms with E-state index in [-0.39, 0.29) is 25.0 Å². The molecule has 0 saturated heterocycles. The van der Waals surface area contributed by atoms with Gasteiger partial charge in [-0.1, -0.05) is 6.07 Å².